The van der Waals surface area contributed by atoms with Gasteiger partial charge in [-0.15, -0.1) is 0 Å². The van der Waals surface area contributed by atoms with E-state index in [1.807, 2.05) is 27.7 Å². The van der Waals surface area contributed by atoms with E-state index in [1.54, 1.807) is 44.2 Å². The molecule has 1 saturated heterocycles. The summed E-state index contributed by atoms with van der Waals surface area (Å²) in [6.45, 7) is 14.0. The second-order valence-electron chi connectivity index (χ2n) is 17.6. The summed E-state index contributed by atoms with van der Waals surface area (Å²) < 4.78 is 41.9. The average molecular weight is 851 g/mol. The quantitative estimate of drug-likeness (QED) is 0.265. The molecule has 0 aliphatic carbocycles. The second kappa shape index (κ2) is 23.5. The molecule has 8 atom stereocenters. The Kier molecular flexibility index (Phi) is 20.2. The third-order valence-corrected chi connectivity index (χ3v) is 11.2. The lowest BCUT2D eigenvalue weighted by molar-refractivity contribution is -0.158. The Morgan fingerprint density at radius 2 is 1.15 bits per heavy atom. The summed E-state index contributed by atoms with van der Waals surface area (Å²) in [5.41, 5.74) is 0.714. The summed E-state index contributed by atoms with van der Waals surface area (Å²) in [5.74, 6) is -7.05. The Morgan fingerprint density at radius 3 is 1.68 bits per heavy atom. The van der Waals surface area contributed by atoms with Gasteiger partial charge >= 0.3 is 6.18 Å². The van der Waals surface area contributed by atoms with Crippen LogP contribution in [0.5, 0.6) is 0 Å². The number of nitrogens with zero attached hydrogens (tertiary/aromatic N) is 3. The number of rotatable bonds is 12. The smallest absolute Gasteiger partial charge is 0.344 e. The van der Waals surface area contributed by atoms with Crippen molar-refractivity contribution in [2.24, 2.45) is 23.7 Å². The van der Waals surface area contributed by atoms with Gasteiger partial charge in [-0.1, -0.05) is 98.1 Å². The molecule has 6 amide bonds. The van der Waals surface area contributed by atoms with Crippen LogP contribution in [0.15, 0.2) is 30.3 Å². The number of Topliss-reactive ketones (excluding diaryl/α,β-unsaturated/α-hetero) is 1. The lowest BCUT2D eigenvalue weighted by Gasteiger charge is -2.35. The van der Waals surface area contributed by atoms with Gasteiger partial charge in [0.15, 0.2) is 5.78 Å². The predicted molar refractivity (Wildman–Crippen MR) is 223 cm³/mol. The third-order valence-electron chi connectivity index (χ3n) is 11.2. The SMILES string of the molecule is CCCC[C@@H](C)C[C@@H]1NC(=O)[C@H](Cc2ccccc2)N(C)C(=O)[C@H](CC(C)C)NC(=O)[C@H](CC(C)C)N(C)C(=O)[C@H](CC(F)(F)F)NC(=O)[C@@H](C)CC(=O)[C@H](C)N(C)C1=O. The van der Waals surface area contributed by atoms with Crippen LogP contribution >= 0.6 is 0 Å². The molecular weight excluding hydrogens is 782 g/mol. The zero-order chi connectivity index (χ0) is 45.6. The van der Waals surface area contributed by atoms with Crippen LogP contribution in [0.3, 0.4) is 0 Å². The highest BCUT2D eigenvalue weighted by atomic mass is 19.4. The number of hydrogen-bond acceptors (Lipinski definition) is 7. The highest BCUT2D eigenvalue weighted by molar-refractivity contribution is 5.98. The summed E-state index contributed by atoms with van der Waals surface area (Å²) in [7, 11) is 4.01. The molecule has 1 aromatic rings. The second-order valence-corrected chi connectivity index (χ2v) is 17.6. The van der Waals surface area contributed by atoms with Crippen molar-refractivity contribution in [3.63, 3.8) is 0 Å². The van der Waals surface area contributed by atoms with E-state index in [4.69, 9.17) is 0 Å². The molecular formula is C44H69F3N6O7. The Hall–Kier alpha value is -4.50. The third kappa shape index (κ3) is 15.8. The summed E-state index contributed by atoms with van der Waals surface area (Å²) in [5, 5.41) is 7.85. The van der Waals surface area contributed by atoms with E-state index in [9.17, 15) is 46.7 Å². The van der Waals surface area contributed by atoms with Gasteiger partial charge in [0.2, 0.25) is 35.4 Å². The molecule has 16 heteroatoms. The maximum atomic E-state index is 14.6. The van der Waals surface area contributed by atoms with E-state index in [0.717, 1.165) is 24.2 Å². The first-order valence-electron chi connectivity index (χ1n) is 21.2. The maximum Gasteiger partial charge on any atom is 0.391 e. The molecule has 338 valence electrons. The fraction of sp³-hybridized carbons (Fsp3) is 0.705. The number of likely N-dealkylation sites (N-methyl/N-ethyl adjacent to an activating group) is 3. The number of carbonyl (C=O) groups excluding carboxylic acids is 7. The summed E-state index contributed by atoms with van der Waals surface area (Å²) in [6, 6.07) is 0.855. The molecule has 0 aromatic heterocycles. The number of amides is 6. The zero-order valence-corrected chi connectivity index (χ0v) is 37.4. The standard InChI is InChI=1S/C44H69F3N6O7/c1-12-13-17-28(6)22-33-41(58)51(9)30(8)37(54)23-29(7)38(55)50-34(25-44(45,46)47)43(60)52(10)35(21-27(4)5)39(56)48-32(20-26(2)3)42(59)53(11)36(40(57)49-33)24-31-18-15-14-16-19-31/h14-16,18-19,26-30,32-36H,12-13,17,20-25H2,1-11H3,(H,48,56)(H,49,57)(H,50,55)/t28-,29+,30+,32+,33+,34+,35+,36+/m1/s1. The van der Waals surface area contributed by atoms with Crippen LogP contribution in [0.4, 0.5) is 13.2 Å². The average Bonchev–Trinajstić information content (AvgIpc) is 3.17. The molecule has 0 bridgehead atoms. The Bertz CT molecular complexity index is 1620. The van der Waals surface area contributed by atoms with E-state index in [-0.39, 0.29) is 43.4 Å². The van der Waals surface area contributed by atoms with Crippen molar-refractivity contribution >= 4 is 41.2 Å². The fourth-order valence-electron chi connectivity index (χ4n) is 7.42. The minimum absolute atomic E-state index is 0.000626. The van der Waals surface area contributed by atoms with Crippen molar-refractivity contribution in [2.75, 3.05) is 21.1 Å². The van der Waals surface area contributed by atoms with Crippen LogP contribution in [-0.4, -0.2) is 119 Å². The Balaban J connectivity index is 2.84. The number of hydrogen-bond donors (Lipinski definition) is 3. The van der Waals surface area contributed by atoms with E-state index < -0.39 is 102 Å². The Morgan fingerprint density at radius 1 is 0.667 bits per heavy atom. The number of benzene rings is 1. The van der Waals surface area contributed by atoms with Crippen LogP contribution < -0.4 is 16.0 Å². The molecule has 1 aliphatic rings. The molecule has 2 rings (SSSR count). The van der Waals surface area contributed by atoms with Crippen molar-refractivity contribution < 1.29 is 46.7 Å². The van der Waals surface area contributed by atoms with Gasteiger partial charge in [-0.2, -0.15) is 13.2 Å². The van der Waals surface area contributed by atoms with Crippen LogP contribution in [0.25, 0.3) is 0 Å². The molecule has 0 unspecified atom stereocenters. The number of ketones is 1. The van der Waals surface area contributed by atoms with Crippen LogP contribution in [0.1, 0.15) is 112 Å². The predicted octanol–water partition coefficient (Wildman–Crippen LogP) is 5.05. The van der Waals surface area contributed by atoms with Gasteiger partial charge in [0, 0.05) is 39.9 Å². The van der Waals surface area contributed by atoms with Crippen molar-refractivity contribution in [3.05, 3.63) is 35.9 Å². The number of alkyl halides is 3. The van der Waals surface area contributed by atoms with Gasteiger partial charge in [0.1, 0.15) is 30.2 Å². The molecule has 13 nitrogen and oxygen atoms in total. The number of halogens is 3. The van der Waals surface area contributed by atoms with E-state index in [2.05, 4.69) is 16.0 Å². The van der Waals surface area contributed by atoms with Gasteiger partial charge in [0.05, 0.1) is 12.5 Å². The minimum Gasteiger partial charge on any atom is -0.344 e. The van der Waals surface area contributed by atoms with Gasteiger partial charge in [-0.3, -0.25) is 33.6 Å². The first kappa shape index (κ1) is 51.6. The van der Waals surface area contributed by atoms with Gasteiger partial charge in [0.25, 0.3) is 0 Å². The van der Waals surface area contributed by atoms with Gasteiger partial charge < -0.3 is 30.7 Å². The lowest BCUT2D eigenvalue weighted by Crippen LogP contribution is -2.60. The molecule has 60 heavy (non-hydrogen) atoms. The van der Waals surface area contributed by atoms with Crippen molar-refractivity contribution in [1.29, 1.82) is 0 Å². The molecule has 0 spiro atoms. The number of unbranched alkanes of at least 4 members (excludes halogenated alkanes) is 1. The lowest BCUT2D eigenvalue weighted by atomic mass is 9.94. The molecule has 1 fully saturated rings. The summed E-state index contributed by atoms with van der Waals surface area (Å²) in [4.78, 5) is 102. The van der Waals surface area contributed by atoms with Gasteiger partial charge in [-0.25, -0.2) is 0 Å². The van der Waals surface area contributed by atoms with Crippen molar-refractivity contribution in [1.82, 2.24) is 30.7 Å². The normalized spacial score (nSPS) is 25.9. The summed E-state index contributed by atoms with van der Waals surface area (Å²) in [6.07, 6.45) is -4.21. The topological polar surface area (TPSA) is 165 Å². The zero-order valence-electron chi connectivity index (χ0n) is 37.4. The van der Waals surface area contributed by atoms with Crippen LogP contribution in [0, 0.1) is 23.7 Å². The van der Waals surface area contributed by atoms with Crippen molar-refractivity contribution in [2.45, 2.75) is 156 Å². The molecule has 1 aromatic carbocycles. The monoisotopic (exact) mass is 851 g/mol. The molecule has 0 saturated carbocycles. The van der Waals surface area contributed by atoms with E-state index in [1.165, 1.54) is 44.8 Å². The Labute approximate surface area is 354 Å². The largest absolute Gasteiger partial charge is 0.391 e. The highest BCUT2D eigenvalue weighted by Crippen LogP contribution is 2.25. The maximum absolute atomic E-state index is 14.6. The van der Waals surface area contributed by atoms with E-state index in [0.29, 0.717) is 5.56 Å². The summed E-state index contributed by atoms with van der Waals surface area (Å²) >= 11 is 0. The molecule has 1 heterocycles. The minimum atomic E-state index is -4.90. The molecule has 0 radical (unpaired) electrons. The first-order chi connectivity index (χ1) is 27.9. The fourth-order valence-corrected chi connectivity index (χ4v) is 7.42. The number of nitrogens with one attached hydrogen (secondary N) is 3. The van der Waals surface area contributed by atoms with E-state index >= 15 is 0 Å². The van der Waals surface area contributed by atoms with Crippen molar-refractivity contribution in [3.8, 4) is 0 Å². The number of carbonyl (C=O) groups is 7. The van der Waals surface area contributed by atoms with Gasteiger partial charge in [-0.05, 0) is 49.5 Å². The molecule has 1 aliphatic heterocycles. The van der Waals surface area contributed by atoms with Crippen LogP contribution in [-0.2, 0) is 40.0 Å². The first-order valence-corrected chi connectivity index (χ1v) is 21.2. The highest BCUT2D eigenvalue weighted by Gasteiger charge is 2.42. The molecule has 3 N–H and O–H groups in total. The van der Waals surface area contributed by atoms with Crippen LogP contribution in [0.2, 0.25) is 0 Å².